The van der Waals surface area contributed by atoms with Crippen LogP contribution in [0.1, 0.15) is 5.76 Å². The van der Waals surface area contributed by atoms with Crippen LogP contribution in [-0.4, -0.2) is 11.1 Å². The number of amides is 1. The van der Waals surface area contributed by atoms with Crippen LogP contribution in [0.4, 0.5) is 4.79 Å². The number of halogens is 2. The number of aliphatic imine (C=N–C) groups is 1. The summed E-state index contributed by atoms with van der Waals surface area (Å²) in [5.74, 6) is 1.39. The largest absolute Gasteiger partial charge is 0.457 e. The van der Waals surface area contributed by atoms with Crippen molar-refractivity contribution >= 4 is 52.1 Å². The molecule has 0 saturated heterocycles. The van der Waals surface area contributed by atoms with Gasteiger partial charge in [0.2, 0.25) is 0 Å². The topological polar surface area (TPSA) is 68.6 Å². The van der Waals surface area contributed by atoms with Gasteiger partial charge in [-0.1, -0.05) is 23.2 Å². The molecule has 2 N–H and O–H groups in total. The molecule has 2 aromatic rings. The monoisotopic (exact) mass is 338 g/mol. The maximum absolute atomic E-state index is 11.2. The summed E-state index contributed by atoms with van der Waals surface area (Å²) in [6, 6.07) is 8.73. The van der Waals surface area contributed by atoms with Gasteiger partial charge in [-0.05, 0) is 48.2 Å². The lowest BCUT2D eigenvalue weighted by Crippen LogP contribution is -2.08. The molecule has 2 heterocycles. The molecule has 0 unspecified atom stereocenters. The first kappa shape index (κ1) is 14.3. The fourth-order valence-electron chi connectivity index (χ4n) is 1.84. The predicted octanol–water partition coefficient (Wildman–Crippen LogP) is 4.82. The van der Waals surface area contributed by atoms with Gasteiger partial charge in [-0.2, -0.15) is 4.99 Å². The van der Waals surface area contributed by atoms with E-state index in [1.165, 1.54) is 0 Å². The Hall–Kier alpha value is -1.69. The molecule has 1 aliphatic heterocycles. The number of rotatable bonds is 2. The summed E-state index contributed by atoms with van der Waals surface area (Å²) in [6.07, 6.45) is 1.67. The van der Waals surface area contributed by atoms with E-state index >= 15 is 0 Å². The third-order valence-electron chi connectivity index (χ3n) is 2.71. The Morgan fingerprint density at radius 2 is 1.90 bits per heavy atom. The average Bonchev–Trinajstić information content (AvgIpc) is 2.96. The van der Waals surface area contributed by atoms with Gasteiger partial charge in [0.15, 0.2) is 0 Å². The van der Waals surface area contributed by atoms with Crippen molar-refractivity contribution in [3.05, 3.63) is 51.0 Å². The molecule has 7 heteroatoms. The third-order valence-corrected chi connectivity index (χ3v) is 3.96. The fraction of sp³-hybridized carbons (Fsp3) is 0. The van der Waals surface area contributed by atoms with Gasteiger partial charge in [-0.3, -0.25) is 4.79 Å². The molecule has 1 amide bonds. The van der Waals surface area contributed by atoms with E-state index < -0.39 is 0 Å². The van der Waals surface area contributed by atoms with Crippen molar-refractivity contribution in [2.75, 3.05) is 0 Å². The van der Waals surface area contributed by atoms with Crippen LogP contribution in [0.15, 0.2) is 44.6 Å². The molecule has 1 aromatic heterocycles. The number of thioether (sulfide) groups is 1. The van der Waals surface area contributed by atoms with Crippen molar-refractivity contribution in [1.82, 2.24) is 0 Å². The average molecular weight is 339 g/mol. The number of hydrogen-bond donors (Lipinski definition) is 1. The number of nitrogens with two attached hydrogens (primary N) is 1. The van der Waals surface area contributed by atoms with Crippen molar-refractivity contribution in [1.29, 1.82) is 0 Å². The summed E-state index contributed by atoms with van der Waals surface area (Å²) < 4.78 is 5.70. The minimum absolute atomic E-state index is 0.203. The summed E-state index contributed by atoms with van der Waals surface area (Å²) in [5.41, 5.74) is 6.41. The lowest BCUT2D eigenvalue weighted by molar-refractivity contribution is 0.268. The van der Waals surface area contributed by atoms with E-state index in [1.54, 1.807) is 36.4 Å². The van der Waals surface area contributed by atoms with Crippen LogP contribution in [0, 0.1) is 0 Å². The smallest absolute Gasteiger partial charge is 0.311 e. The molecule has 0 fully saturated rings. The number of amidine groups is 1. The van der Waals surface area contributed by atoms with Crippen molar-refractivity contribution in [2.45, 2.75) is 0 Å². The van der Waals surface area contributed by atoms with Crippen LogP contribution < -0.4 is 5.73 Å². The number of hydrogen-bond acceptors (Lipinski definition) is 4. The summed E-state index contributed by atoms with van der Waals surface area (Å²) >= 11 is 12.9. The van der Waals surface area contributed by atoms with Crippen molar-refractivity contribution in [3.8, 4) is 11.3 Å². The quantitative estimate of drug-likeness (QED) is 0.852. The normalized spacial score (nSPS) is 16.6. The Morgan fingerprint density at radius 3 is 2.52 bits per heavy atom. The molecule has 3 rings (SSSR count). The van der Waals surface area contributed by atoms with E-state index in [0.29, 0.717) is 26.5 Å². The third kappa shape index (κ3) is 3.15. The Bertz CT molecular complexity index is 776. The molecule has 0 aliphatic carbocycles. The van der Waals surface area contributed by atoms with Gasteiger partial charge in [0.25, 0.3) is 0 Å². The van der Waals surface area contributed by atoms with Crippen molar-refractivity contribution in [2.24, 2.45) is 10.7 Å². The van der Waals surface area contributed by atoms with Gasteiger partial charge >= 0.3 is 5.24 Å². The van der Waals surface area contributed by atoms with Crippen LogP contribution in [-0.2, 0) is 0 Å². The Labute approximate surface area is 134 Å². The van der Waals surface area contributed by atoms with E-state index in [-0.39, 0.29) is 11.1 Å². The zero-order valence-corrected chi connectivity index (χ0v) is 12.8. The second-order valence-electron chi connectivity index (χ2n) is 4.23. The highest BCUT2D eigenvalue weighted by molar-refractivity contribution is 8.18. The summed E-state index contributed by atoms with van der Waals surface area (Å²) in [7, 11) is 0. The number of carbonyl (C=O) groups excluding carboxylic acids is 1. The number of carbonyl (C=O) groups is 1. The molecule has 21 heavy (non-hydrogen) atoms. The molecule has 0 bridgehead atoms. The highest BCUT2D eigenvalue weighted by Gasteiger charge is 2.19. The Morgan fingerprint density at radius 1 is 1.19 bits per heavy atom. The van der Waals surface area contributed by atoms with Crippen molar-refractivity contribution in [3.63, 3.8) is 0 Å². The molecule has 106 valence electrons. The Balaban J connectivity index is 1.92. The minimum Gasteiger partial charge on any atom is -0.457 e. The number of nitrogens with zero attached hydrogens (tertiary/aromatic N) is 1. The number of furan rings is 1. The minimum atomic E-state index is -0.327. The zero-order chi connectivity index (χ0) is 15.0. The SMILES string of the molecule is NC1=NC(=O)S/C1=C\c1ccc(-c2cc(Cl)cc(Cl)c2)o1. The van der Waals surface area contributed by atoms with E-state index in [4.69, 9.17) is 33.4 Å². The highest BCUT2D eigenvalue weighted by atomic mass is 35.5. The van der Waals surface area contributed by atoms with Gasteiger partial charge in [-0.25, -0.2) is 0 Å². The summed E-state index contributed by atoms with van der Waals surface area (Å²) in [5, 5.41) is 0.733. The highest BCUT2D eigenvalue weighted by Crippen LogP contribution is 2.31. The van der Waals surface area contributed by atoms with Crippen molar-refractivity contribution < 1.29 is 9.21 Å². The first-order valence-electron chi connectivity index (χ1n) is 5.85. The summed E-state index contributed by atoms with van der Waals surface area (Å²) in [6.45, 7) is 0. The molecule has 0 saturated carbocycles. The van der Waals surface area contributed by atoms with E-state index in [0.717, 1.165) is 17.3 Å². The van der Waals surface area contributed by atoms with Crippen LogP contribution >= 0.6 is 35.0 Å². The van der Waals surface area contributed by atoms with Gasteiger partial charge in [0, 0.05) is 15.6 Å². The lowest BCUT2D eigenvalue weighted by atomic mass is 10.2. The predicted molar refractivity (Wildman–Crippen MR) is 86.8 cm³/mol. The molecule has 0 radical (unpaired) electrons. The van der Waals surface area contributed by atoms with Gasteiger partial charge in [0.05, 0.1) is 4.91 Å². The number of benzene rings is 1. The van der Waals surface area contributed by atoms with Crippen LogP contribution in [0.3, 0.4) is 0 Å². The molecular formula is C14H8Cl2N2O2S. The van der Waals surface area contributed by atoms with E-state index in [9.17, 15) is 4.79 Å². The standard InChI is InChI=1S/C14H8Cl2N2O2S/c15-8-3-7(4-9(16)5-8)11-2-1-10(20-11)6-12-13(17)18-14(19)21-12/h1-6H,(H2,17,18,19)/b12-6-. The molecule has 1 aromatic carbocycles. The second kappa shape index (κ2) is 5.60. The van der Waals surface area contributed by atoms with Crippen LogP contribution in [0.25, 0.3) is 17.4 Å². The Kier molecular flexibility index (Phi) is 3.80. The second-order valence-corrected chi connectivity index (χ2v) is 6.10. The molecule has 0 spiro atoms. The van der Waals surface area contributed by atoms with Gasteiger partial charge in [-0.15, -0.1) is 0 Å². The molecule has 0 atom stereocenters. The first-order chi connectivity index (χ1) is 10.0. The maximum atomic E-state index is 11.2. The lowest BCUT2D eigenvalue weighted by Gasteiger charge is -1.99. The molecule has 4 nitrogen and oxygen atoms in total. The molecular weight excluding hydrogens is 331 g/mol. The van der Waals surface area contributed by atoms with E-state index in [1.807, 2.05) is 0 Å². The zero-order valence-electron chi connectivity index (χ0n) is 10.5. The van der Waals surface area contributed by atoms with E-state index in [2.05, 4.69) is 4.99 Å². The van der Waals surface area contributed by atoms with Gasteiger partial charge < -0.3 is 10.2 Å². The fourth-order valence-corrected chi connectivity index (χ4v) is 3.02. The summed E-state index contributed by atoms with van der Waals surface area (Å²) in [4.78, 5) is 15.4. The van der Waals surface area contributed by atoms with Crippen LogP contribution in [0.5, 0.6) is 0 Å². The first-order valence-corrected chi connectivity index (χ1v) is 7.43. The maximum Gasteiger partial charge on any atom is 0.311 e. The molecule has 1 aliphatic rings. The van der Waals surface area contributed by atoms with Gasteiger partial charge in [0.1, 0.15) is 17.4 Å². The van der Waals surface area contributed by atoms with Crippen LogP contribution in [0.2, 0.25) is 10.0 Å².